The van der Waals surface area contributed by atoms with Crippen molar-refractivity contribution in [3.8, 4) is 11.4 Å². The van der Waals surface area contributed by atoms with Gasteiger partial charge in [-0.1, -0.05) is 48.5 Å². The average Bonchev–Trinajstić information content (AvgIpc) is 3.46. The molecule has 0 aliphatic rings. The van der Waals surface area contributed by atoms with Crippen molar-refractivity contribution in [2.75, 3.05) is 0 Å². The van der Waals surface area contributed by atoms with Gasteiger partial charge < -0.3 is 5.73 Å². The van der Waals surface area contributed by atoms with Gasteiger partial charge in [0, 0.05) is 11.5 Å². The molecule has 8 heteroatoms. The van der Waals surface area contributed by atoms with Gasteiger partial charge in [0.15, 0.2) is 5.82 Å². The van der Waals surface area contributed by atoms with E-state index in [4.69, 9.17) is 5.73 Å². The first-order chi connectivity index (χ1) is 16.1. The molecule has 0 saturated carbocycles. The Morgan fingerprint density at radius 2 is 1.70 bits per heavy atom. The Kier molecular flexibility index (Phi) is 5.50. The summed E-state index contributed by atoms with van der Waals surface area (Å²) in [4.78, 5) is 4.44. The maximum absolute atomic E-state index is 14.8. The van der Waals surface area contributed by atoms with Crippen LogP contribution in [0.25, 0.3) is 34.4 Å². The summed E-state index contributed by atoms with van der Waals surface area (Å²) in [7, 11) is 0. The lowest BCUT2D eigenvalue weighted by Crippen LogP contribution is -2.15. The number of halogens is 2. The van der Waals surface area contributed by atoms with Gasteiger partial charge in [-0.2, -0.15) is 10.2 Å². The van der Waals surface area contributed by atoms with Gasteiger partial charge in [0.05, 0.1) is 22.8 Å². The van der Waals surface area contributed by atoms with Gasteiger partial charge in [0.25, 0.3) is 0 Å². The molecule has 0 aliphatic heterocycles. The molecule has 0 aliphatic carbocycles. The second-order valence-electron chi connectivity index (χ2n) is 7.71. The van der Waals surface area contributed by atoms with Crippen LogP contribution in [0.15, 0.2) is 66.7 Å². The number of nitrogens with one attached hydrogen (secondary N) is 2. The van der Waals surface area contributed by atoms with Crippen molar-refractivity contribution in [2.45, 2.75) is 12.5 Å². The predicted molar refractivity (Wildman–Crippen MR) is 124 cm³/mol. The lowest BCUT2D eigenvalue weighted by atomic mass is 10.1. The van der Waals surface area contributed by atoms with E-state index in [1.807, 2.05) is 36.4 Å². The fourth-order valence-electron chi connectivity index (χ4n) is 3.63. The molecule has 2 heterocycles. The van der Waals surface area contributed by atoms with Gasteiger partial charge in [-0.3, -0.25) is 10.2 Å². The highest BCUT2D eigenvalue weighted by molar-refractivity contribution is 5.92. The third kappa shape index (κ3) is 4.42. The number of H-pyrrole nitrogens is 2. The monoisotopic (exact) mass is 442 g/mol. The summed E-state index contributed by atoms with van der Waals surface area (Å²) in [6.45, 7) is 0. The van der Waals surface area contributed by atoms with E-state index in [0.717, 1.165) is 11.1 Å². The minimum absolute atomic E-state index is 0.225. The second-order valence-corrected chi connectivity index (χ2v) is 7.71. The molecule has 3 aromatic carbocycles. The highest BCUT2D eigenvalue weighted by Gasteiger charge is 2.18. The van der Waals surface area contributed by atoms with Crippen LogP contribution in [0.2, 0.25) is 0 Å². The molecule has 1 atom stereocenters. The van der Waals surface area contributed by atoms with Crippen molar-refractivity contribution in [2.24, 2.45) is 5.73 Å². The number of aromatic nitrogens is 5. The van der Waals surface area contributed by atoms with Gasteiger partial charge in [0.2, 0.25) is 0 Å². The van der Waals surface area contributed by atoms with Crippen molar-refractivity contribution in [1.29, 1.82) is 0 Å². The molecule has 5 rings (SSSR count). The van der Waals surface area contributed by atoms with Crippen LogP contribution in [0.3, 0.4) is 0 Å². The third-order valence-electron chi connectivity index (χ3n) is 5.38. The summed E-state index contributed by atoms with van der Waals surface area (Å²) >= 11 is 0. The van der Waals surface area contributed by atoms with Crippen LogP contribution in [0.4, 0.5) is 8.78 Å². The number of hydrogen-bond donors (Lipinski definition) is 3. The van der Waals surface area contributed by atoms with E-state index in [-0.39, 0.29) is 17.2 Å². The SMILES string of the molecule is N[C@@H](Cc1ccccc1)c1nc(-c2cc3c(C=Cc4ccc(F)cc4)n[nH]c3cc2F)n[nH]1. The fraction of sp³-hybridized carbons (Fsp3) is 0.0800. The van der Waals surface area contributed by atoms with Crippen molar-refractivity contribution in [3.05, 3.63) is 101 Å². The molecule has 0 unspecified atom stereocenters. The highest BCUT2D eigenvalue weighted by atomic mass is 19.1. The van der Waals surface area contributed by atoms with Crippen LogP contribution in [0.5, 0.6) is 0 Å². The van der Waals surface area contributed by atoms with Gasteiger partial charge >= 0.3 is 0 Å². The summed E-state index contributed by atoms with van der Waals surface area (Å²) < 4.78 is 27.9. The molecule has 0 spiro atoms. The number of aromatic amines is 2. The van der Waals surface area contributed by atoms with E-state index < -0.39 is 11.9 Å². The minimum Gasteiger partial charge on any atom is -0.321 e. The van der Waals surface area contributed by atoms with Gasteiger partial charge in [-0.05, 0) is 41.8 Å². The molecule has 2 aromatic heterocycles. The van der Waals surface area contributed by atoms with Crippen LogP contribution >= 0.6 is 0 Å². The number of benzene rings is 3. The lowest BCUT2D eigenvalue weighted by Gasteiger charge is -2.07. The first kappa shape index (κ1) is 20.7. The van der Waals surface area contributed by atoms with E-state index in [9.17, 15) is 8.78 Å². The standard InChI is InChI=1S/C25H20F2N6/c26-17-9-6-15(7-10-17)8-11-22-19-13-18(20(27)14-23(19)31-30-22)24-29-25(33-32-24)21(28)12-16-4-2-1-3-5-16/h1-11,13-14,21H,12,28H2,(H,30,31)(H,29,32,33)/t21-/m0/s1. The van der Waals surface area contributed by atoms with E-state index in [1.165, 1.54) is 18.2 Å². The Morgan fingerprint density at radius 3 is 2.48 bits per heavy atom. The molecule has 5 aromatic rings. The summed E-state index contributed by atoms with van der Waals surface area (Å²) in [5.74, 6) is -0.0613. The quantitative estimate of drug-likeness (QED) is 0.343. The predicted octanol–water partition coefficient (Wildman–Crippen LogP) is 5.04. The molecular formula is C25H20F2N6. The summed E-state index contributed by atoms with van der Waals surface area (Å²) in [5.41, 5.74) is 9.59. The molecular weight excluding hydrogens is 422 g/mol. The molecule has 0 fully saturated rings. The van der Waals surface area contributed by atoms with Crippen LogP contribution < -0.4 is 5.73 Å². The maximum Gasteiger partial charge on any atom is 0.184 e. The third-order valence-corrected chi connectivity index (χ3v) is 5.38. The molecule has 33 heavy (non-hydrogen) atoms. The number of rotatable bonds is 6. The topological polar surface area (TPSA) is 96.3 Å². The van der Waals surface area contributed by atoms with Gasteiger partial charge in [0.1, 0.15) is 17.5 Å². The Hall–Kier alpha value is -4.17. The molecule has 6 nitrogen and oxygen atoms in total. The van der Waals surface area contributed by atoms with Crippen molar-refractivity contribution in [3.63, 3.8) is 0 Å². The fourth-order valence-corrected chi connectivity index (χ4v) is 3.63. The highest BCUT2D eigenvalue weighted by Crippen LogP contribution is 2.28. The van der Waals surface area contributed by atoms with Crippen LogP contribution in [0, 0.1) is 11.6 Å². The van der Waals surface area contributed by atoms with E-state index in [0.29, 0.717) is 28.8 Å². The Labute approximate surface area is 188 Å². The maximum atomic E-state index is 14.8. The van der Waals surface area contributed by atoms with Crippen LogP contribution in [0.1, 0.15) is 28.7 Å². The number of nitrogens with zero attached hydrogens (tertiary/aromatic N) is 3. The summed E-state index contributed by atoms with van der Waals surface area (Å²) in [6, 6.07) is 18.6. The summed E-state index contributed by atoms with van der Waals surface area (Å²) in [6.07, 6.45) is 4.18. The number of hydrogen-bond acceptors (Lipinski definition) is 4. The molecule has 164 valence electrons. The minimum atomic E-state index is -0.470. The van der Waals surface area contributed by atoms with E-state index in [1.54, 1.807) is 24.3 Å². The molecule has 0 amide bonds. The number of fused-ring (bicyclic) bond motifs is 1. The Bertz CT molecular complexity index is 1420. The zero-order valence-electron chi connectivity index (χ0n) is 17.5. The van der Waals surface area contributed by atoms with E-state index >= 15 is 0 Å². The van der Waals surface area contributed by atoms with E-state index in [2.05, 4.69) is 25.4 Å². The van der Waals surface area contributed by atoms with Crippen molar-refractivity contribution < 1.29 is 8.78 Å². The Balaban J connectivity index is 1.43. The average molecular weight is 442 g/mol. The molecule has 0 bridgehead atoms. The smallest absolute Gasteiger partial charge is 0.184 e. The second kappa shape index (κ2) is 8.76. The van der Waals surface area contributed by atoms with Crippen molar-refractivity contribution >= 4 is 23.1 Å². The lowest BCUT2D eigenvalue weighted by molar-refractivity contribution is 0.627. The first-order valence-corrected chi connectivity index (χ1v) is 10.4. The van der Waals surface area contributed by atoms with Crippen LogP contribution in [-0.2, 0) is 6.42 Å². The number of nitrogens with two attached hydrogens (primary N) is 1. The Morgan fingerprint density at radius 1 is 0.909 bits per heavy atom. The largest absolute Gasteiger partial charge is 0.321 e. The molecule has 4 N–H and O–H groups in total. The molecule has 0 radical (unpaired) electrons. The normalized spacial score (nSPS) is 12.6. The zero-order chi connectivity index (χ0) is 22.8. The van der Waals surface area contributed by atoms with Crippen molar-refractivity contribution in [1.82, 2.24) is 25.4 Å². The van der Waals surface area contributed by atoms with Gasteiger partial charge in [-0.15, -0.1) is 0 Å². The summed E-state index contributed by atoms with van der Waals surface area (Å²) in [5, 5.41) is 14.8. The zero-order valence-corrected chi connectivity index (χ0v) is 17.5. The first-order valence-electron chi connectivity index (χ1n) is 10.4. The van der Waals surface area contributed by atoms with Gasteiger partial charge in [-0.25, -0.2) is 13.8 Å². The molecule has 0 saturated heterocycles. The van der Waals surface area contributed by atoms with Crippen LogP contribution in [-0.4, -0.2) is 25.4 Å².